The summed E-state index contributed by atoms with van der Waals surface area (Å²) in [6.07, 6.45) is 2.41. The van der Waals surface area contributed by atoms with Crippen LogP contribution in [0.1, 0.15) is 26.7 Å². The standard InChI is InChI=1S/C9H16N2O3/c1-3-7(2)6-11-9(14)10-5-4-8(12)13/h6H,3-5H2,1-2H3,(H,12,13)(H2,10,11,14)/b7-6+. The average Bonchev–Trinajstić information content (AvgIpc) is 2.13. The van der Waals surface area contributed by atoms with Gasteiger partial charge >= 0.3 is 12.0 Å². The maximum atomic E-state index is 11.0. The molecule has 0 aromatic carbocycles. The molecule has 5 heteroatoms. The number of urea groups is 1. The summed E-state index contributed by atoms with van der Waals surface area (Å²) >= 11 is 0. The zero-order valence-corrected chi connectivity index (χ0v) is 8.46. The van der Waals surface area contributed by atoms with E-state index in [1.807, 2.05) is 13.8 Å². The van der Waals surface area contributed by atoms with Crippen molar-refractivity contribution in [2.24, 2.45) is 0 Å². The number of carbonyl (C=O) groups is 2. The van der Waals surface area contributed by atoms with Crippen LogP contribution in [0.4, 0.5) is 4.79 Å². The molecule has 14 heavy (non-hydrogen) atoms. The fourth-order valence-corrected chi connectivity index (χ4v) is 0.625. The first-order valence-corrected chi connectivity index (χ1v) is 4.48. The summed E-state index contributed by atoms with van der Waals surface area (Å²) in [6, 6.07) is -0.376. The van der Waals surface area contributed by atoms with Crippen LogP contribution in [0.25, 0.3) is 0 Å². The second-order valence-electron chi connectivity index (χ2n) is 2.89. The molecule has 0 aromatic heterocycles. The summed E-state index contributed by atoms with van der Waals surface area (Å²) in [6.45, 7) is 4.02. The molecule has 0 rings (SSSR count). The number of aliphatic carboxylic acids is 1. The molecule has 0 fully saturated rings. The largest absolute Gasteiger partial charge is 0.481 e. The van der Waals surface area contributed by atoms with Crippen LogP contribution in [0.2, 0.25) is 0 Å². The van der Waals surface area contributed by atoms with Crippen molar-refractivity contribution in [2.45, 2.75) is 26.7 Å². The van der Waals surface area contributed by atoms with E-state index < -0.39 is 5.97 Å². The Morgan fingerprint density at radius 3 is 2.57 bits per heavy atom. The average molecular weight is 200 g/mol. The summed E-state index contributed by atoms with van der Waals surface area (Å²) in [5.74, 6) is -0.925. The molecule has 0 spiro atoms. The summed E-state index contributed by atoms with van der Waals surface area (Å²) in [7, 11) is 0. The van der Waals surface area contributed by atoms with Crippen LogP contribution in [0, 0.1) is 0 Å². The first-order valence-electron chi connectivity index (χ1n) is 4.48. The Kier molecular flexibility index (Phi) is 6.19. The third-order valence-corrected chi connectivity index (χ3v) is 1.63. The quantitative estimate of drug-likeness (QED) is 0.621. The van der Waals surface area contributed by atoms with E-state index in [9.17, 15) is 9.59 Å². The lowest BCUT2D eigenvalue weighted by molar-refractivity contribution is -0.136. The molecule has 0 aliphatic carbocycles. The van der Waals surface area contributed by atoms with Crippen LogP contribution in [0.3, 0.4) is 0 Å². The number of carboxylic acids is 1. The highest BCUT2D eigenvalue weighted by Crippen LogP contribution is 1.94. The van der Waals surface area contributed by atoms with Gasteiger partial charge in [-0.15, -0.1) is 0 Å². The normalized spacial score (nSPS) is 10.9. The van der Waals surface area contributed by atoms with Gasteiger partial charge in [0.05, 0.1) is 6.42 Å². The van der Waals surface area contributed by atoms with Crippen LogP contribution >= 0.6 is 0 Å². The molecule has 0 saturated heterocycles. The van der Waals surface area contributed by atoms with E-state index >= 15 is 0 Å². The molecule has 2 amide bonds. The highest BCUT2D eigenvalue weighted by molar-refractivity contribution is 5.75. The van der Waals surface area contributed by atoms with Crippen molar-refractivity contribution in [1.82, 2.24) is 10.6 Å². The van der Waals surface area contributed by atoms with Crippen molar-refractivity contribution in [3.8, 4) is 0 Å². The number of carbonyl (C=O) groups excluding carboxylic acids is 1. The van der Waals surface area contributed by atoms with Gasteiger partial charge < -0.3 is 15.7 Å². The van der Waals surface area contributed by atoms with E-state index in [0.29, 0.717) is 0 Å². The van der Waals surface area contributed by atoms with Crippen LogP contribution < -0.4 is 10.6 Å². The Morgan fingerprint density at radius 1 is 1.43 bits per heavy atom. The van der Waals surface area contributed by atoms with E-state index in [2.05, 4.69) is 10.6 Å². The molecule has 0 unspecified atom stereocenters. The van der Waals surface area contributed by atoms with Gasteiger partial charge in [0.15, 0.2) is 0 Å². The minimum Gasteiger partial charge on any atom is -0.481 e. The SMILES string of the molecule is CC/C(C)=C/NC(=O)NCCC(=O)O. The van der Waals surface area contributed by atoms with Gasteiger partial charge in [-0.05, 0) is 13.3 Å². The first kappa shape index (κ1) is 12.5. The van der Waals surface area contributed by atoms with Crippen LogP contribution in [0.5, 0.6) is 0 Å². The number of nitrogens with one attached hydrogen (secondary N) is 2. The Labute approximate surface area is 83.2 Å². The Morgan fingerprint density at radius 2 is 2.07 bits per heavy atom. The molecule has 0 bridgehead atoms. The van der Waals surface area contributed by atoms with Gasteiger partial charge in [0, 0.05) is 12.7 Å². The van der Waals surface area contributed by atoms with Gasteiger partial charge in [-0.2, -0.15) is 0 Å². The predicted molar refractivity (Wildman–Crippen MR) is 52.8 cm³/mol. The summed E-state index contributed by atoms with van der Waals surface area (Å²) in [4.78, 5) is 21.1. The number of allylic oxidation sites excluding steroid dienone is 1. The van der Waals surface area contributed by atoms with Gasteiger partial charge in [-0.3, -0.25) is 4.79 Å². The molecule has 0 aliphatic rings. The van der Waals surface area contributed by atoms with E-state index in [1.165, 1.54) is 0 Å². The monoisotopic (exact) mass is 200 g/mol. The van der Waals surface area contributed by atoms with Gasteiger partial charge in [0.2, 0.25) is 0 Å². The topological polar surface area (TPSA) is 78.4 Å². The maximum absolute atomic E-state index is 11.0. The lowest BCUT2D eigenvalue weighted by Gasteiger charge is -2.03. The smallest absolute Gasteiger partial charge is 0.318 e. The number of rotatable bonds is 5. The molecule has 5 nitrogen and oxygen atoms in total. The molecule has 0 saturated carbocycles. The zero-order valence-electron chi connectivity index (χ0n) is 8.46. The first-order chi connectivity index (χ1) is 6.56. The fraction of sp³-hybridized carbons (Fsp3) is 0.556. The predicted octanol–water partition coefficient (Wildman–Crippen LogP) is 1.07. The molecule has 0 aliphatic heterocycles. The molecule has 80 valence electrons. The number of amides is 2. The molecule has 0 heterocycles. The summed E-state index contributed by atoms with van der Waals surface area (Å²) in [5, 5.41) is 13.2. The molecular formula is C9H16N2O3. The lowest BCUT2D eigenvalue weighted by Crippen LogP contribution is -2.33. The number of carboxylic acid groups (broad SMARTS) is 1. The molecule has 0 aromatic rings. The number of hydrogen-bond acceptors (Lipinski definition) is 2. The van der Waals surface area contributed by atoms with Crippen molar-refractivity contribution < 1.29 is 14.7 Å². The van der Waals surface area contributed by atoms with E-state index in [4.69, 9.17) is 5.11 Å². The van der Waals surface area contributed by atoms with Crippen molar-refractivity contribution in [2.75, 3.05) is 6.54 Å². The molecule has 3 N–H and O–H groups in total. The third kappa shape index (κ3) is 7.15. The second kappa shape index (κ2) is 6.94. The Hall–Kier alpha value is -1.52. The third-order valence-electron chi connectivity index (χ3n) is 1.63. The van der Waals surface area contributed by atoms with Crippen molar-refractivity contribution in [3.63, 3.8) is 0 Å². The van der Waals surface area contributed by atoms with Crippen LogP contribution in [-0.4, -0.2) is 23.7 Å². The molecular weight excluding hydrogens is 184 g/mol. The highest BCUT2D eigenvalue weighted by Gasteiger charge is 1.99. The fourth-order valence-electron chi connectivity index (χ4n) is 0.625. The Bertz CT molecular complexity index is 236. The molecule has 0 radical (unpaired) electrons. The van der Waals surface area contributed by atoms with Gasteiger partial charge in [-0.1, -0.05) is 12.5 Å². The number of hydrogen-bond donors (Lipinski definition) is 3. The minimum atomic E-state index is -0.925. The van der Waals surface area contributed by atoms with E-state index in [-0.39, 0.29) is 19.0 Å². The summed E-state index contributed by atoms with van der Waals surface area (Å²) < 4.78 is 0. The maximum Gasteiger partial charge on any atom is 0.318 e. The van der Waals surface area contributed by atoms with E-state index in [0.717, 1.165) is 12.0 Å². The van der Waals surface area contributed by atoms with Crippen molar-refractivity contribution in [3.05, 3.63) is 11.8 Å². The van der Waals surface area contributed by atoms with Crippen molar-refractivity contribution >= 4 is 12.0 Å². The minimum absolute atomic E-state index is 0.0656. The van der Waals surface area contributed by atoms with Crippen molar-refractivity contribution in [1.29, 1.82) is 0 Å². The van der Waals surface area contributed by atoms with Crippen LogP contribution in [0.15, 0.2) is 11.8 Å². The summed E-state index contributed by atoms with van der Waals surface area (Å²) in [5.41, 5.74) is 1.05. The molecule has 0 atom stereocenters. The highest BCUT2D eigenvalue weighted by atomic mass is 16.4. The lowest BCUT2D eigenvalue weighted by atomic mass is 10.3. The Balaban J connectivity index is 3.61. The van der Waals surface area contributed by atoms with Crippen LogP contribution in [-0.2, 0) is 4.79 Å². The van der Waals surface area contributed by atoms with Gasteiger partial charge in [-0.25, -0.2) is 4.79 Å². The van der Waals surface area contributed by atoms with Gasteiger partial charge in [0.25, 0.3) is 0 Å². The second-order valence-corrected chi connectivity index (χ2v) is 2.89. The zero-order chi connectivity index (χ0) is 11.0. The van der Waals surface area contributed by atoms with Gasteiger partial charge in [0.1, 0.15) is 0 Å². The van der Waals surface area contributed by atoms with E-state index in [1.54, 1.807) is 6.20 Å².